The van der Waals surface area contributed by atoms with Crippen molar-refractivity contribution in [2.45, 2.75) is 17.7 Å². The van der Waals surface area contributed by atoms with Crippen molar-refractivity contribution in [3.05, 3.63) is 64.6 Å². The lowest BCUT2D eigenvalue weighted by atomic mass is 10.1. The van der Waals surface area contributed by atoms with Crippen LogP contribution in [0.5, 0.6) is 0 Å². The van der Waals surface area contributed by atoms with Gasteiger partial charge in [0.25, 0.3) is 0 Å². The molecule has 0 fully saturated rings. The molecule has 5 heteroatoms. The van der Waals surface area contributed by atoms with E-state index in [-0.39, 0.29) is 0 Å². The Bertz CT molecular complexity index is 686. The average molecular weight is 368 g/mol. The lowest BCUT2D eigenvalue weighted by molar-refractivity contribution is 0.461. The Balaban J connectivity index is 2.00. The number of benzene rings is 2. The number of sulfonamides is 1. The number of hydrogen-bond donors (Lipinski definition) is 0. The lowest BCUT2D eigenvalue weighted by Crippen LogP contribution is -2.28. The van der Waals surface area contributed by atoms with Crippen molar-refractivity contribution in [1.29, 1.82) is 0 Å². The molecule has 0 spiro atoms. The van der Waals surface area contributed by atoms with Gasteiger partial charge >= 0.3 is 0 Å². The fraction of sp³-hybridized carbons (Fsp3) is 0.250. The highest BCUT2D eigenvalue weighted by Gasteiger charge is 2.22. The molecule has 0 saturated heterocycles. The second kappa shape index (κ2) is 7.20. The van der Waals surface area contributed by atoms with E-state index < -0.39 is 10.0 Å². The minimum atomic E-state index is -3.44. The highest BCUT2D eigenvalue weighted by Crippen LogP contribution is 2.24. The smallest absolute Gasteiger partial charge is 0.207 e. The first-order chi connectivity index (χ1) is 10.0. The molecule has 2 rings (SSSR count). The van der Waals surface area contributed by atoms with Crippen molar-refractivity contribution >= 4 is 26.0 Å². The van der Waals surface area contributed by atoms with Crippen molar-refractivity contribution in [2.75, 3.05) is 13.6 Å². The van der Waals surface area contributed by atoms with Gasteiger partial charge < -0.3 is 0 Å². The summed E-state index contributed by atoms with van der Waals surface area (Å²) in [5.74, 6) is 0. The Morgan fingerprint density at radius 2 is 1.62 bits per heavy atom. The monoisotopic (exact) mass is 367 g/mol. The maximum absolute atomic E-state index is 12.5. The molecule has 0 bridgehead atoms. The van der Waals surface area contributed by atoms with Crippen molar-refractivity contribution < 1.29 is 8.42 Å². The molecule has 0 aliphatic rings. The zero-order valence-electron chi connectivity index (χ0n) is 11.9. The van der Waals surface area contributed by atoms with E-state index in [0.717, 1.165) is 12.8 Å². The van der Waals surface area contributed by atoms with E-state index in [1.54, 1.807) is 31.3 Å². The Labute approximate surface area is 134 Å². The summed E-state index contributed by atoms with van der Waals surface area (Å²) in [7, 11) is -1.81. The third-order valence-electron chi connectivity index (χ3n) is 3.31. The Kier molecular flexibility index (Phi) is 5.56. The van der Waals surface area contributed by atoms with E-state index in [2.05, 4.69) is 28.1 Å². The predicted octanol–water partition coefficient (Wildman–Crippen LogP) is 3.70. The summed E-state index contributed by atoms with van der Waals surface area (Å²) in [6.07, 6.45) is 1.67. The molecular formula is C16H18BrNO2S. The van der Waals surface area contributed by atoms with Crippen molar-refractivity contribution in [3.8, 4) is 0 Å². The standard InChI is InChI=1S/C16H18BrNO2S/c1-18(13-7-10-14-8-3-2-4-9-14)21(19,20)16-12-6-5-11-15(16)17/h2-6,8-9,11-12H,7,10,13H2,1H3. The molecule has 112 valence electrons. The van der Waals surface area contributed by atoms with Crippen LogP contribution in [0.4, 0.5) is 0 Å². The van der Waals surface area contributed by atoms with Gasteiger partial charge in [0, 0.05) is 18.1 Å². The van der Waals surface area contributed by atoms with E-state index in [1.165, 1.54) is 9.87 Å². The first-order valence-corrected chi connectivity index (χ1v) is 9.00. The Morgan fingerprint density at radius 1 is 1.00 bits per heavy atom. The van der Waals surface area contributed by atoms with Crippen LogP contribution in [-0.2, 0) is 16.4 Å². The molecule has 21 heavy (non-hydrogen) atoms. The molecule has 2 aromatic carbocycles. The van der Waals surface area contributed by atoms with Crippen LogP contribution < -0.4 is 0 Å². The third-order valence-corrected chi connectivity index (χ3v) is 6.18. The third kappa shape index (κ3) is 4.15. The second-order valence-corrected chi connectivity index (χ2v) is 7.71. The van der Waals surface area contributed by atoms with Gasteiger partial charge in [-0.15, -0.1) is 0 Å². The quantitative estimate of drug-likeness (QED) is 0.780. The van der Waals surface area contributed by atoms with E-state index in [1.807, 2.05) is 18.2 Å². The van der Waals surface area contributed by atoms with Crippen LogP contribution in [0.2, 0.25) is 0 Å². The fourth-order valence-corrected chi connectivity index (χ4v) is 4.26. The van der Waals surface area contributed by atoms with Gasteiger partial charge in [0.15, 0.2) is 0 Å². The second-order valence-electron chi connectivity index (χ2n) is 4.85. The van der Waals surface area contributed by atoms with Crippen LogP contribution in [0.15, 0.2) is 64.0 Å². The van der Waals surface area contributed by atoms with Gasteiger partial charge in [0.05, 0.1) is 4.90 Å². The molecule has 0 amide bonds. The maximum atomic E-state index is 12.5. The lowest BCUT2D eigenvalue weighted by Gasteiger charge is -2.18. The predicted molar refractivity (Wildman–Crippen MR) is 88.7 cm³/mol. The summed E-state index contributed by atoms with van der Waals surface area (Å²) in [5, 5.41) is 0. The van der Waals surface area contributed by atoms with E-state index >= 15 is 0 Å². The van der Waals surface area contributed by atoms with Crippen molar-refractivity contribution in [2.24, 2.45) is 0 Å². The summed E-state index contributed by atoms with van der Waals surface area (Å²) in [6.45, 7) is 0.499. The summed E-state index contributed by atoms with van der Waals surface area (Å²) in [6, 6.07) is 17.0. The number of nitrogens with zero attached hydrogens (tertiary/aromatic N) is 1. The van der Waals surface area contributed by atoms with Gasteiger partial charge in [-0.3, -0.25) is 0 Å². The first-order valence-electron chi connectivity index (χ1n) is 6.76. The molecule has 0 radical (unpaired) electrons. The fourth-order valence-electron chi connectivity index (χ4n) is 2.09. The molecule has 0 aliphatic heterocycles. The molecule has 0 heterocycles. The van der Waals surface area contributed by atoms with E-state index in [9.17, 15) is 8.42 Å². The number of hydrogen-bond acceptors (Lipinski definition) is 2. The zero-order valence-corrected chi connectivity index (χ0v) is 14.3. The Hall–Kier alpha value is -1.17. The van der Waals surface area contributed by atoms with Crippen molar-refractivity contribution in [1.82, 2.24) is 4.31 Å². The molecule has 0 aromatic heterocycles. The van der Waals surface area contributed by atoms with Gasteiger partial charge in [-0.25, -0.2) is 12.7 Å². The average Bonchev–Trinajstić information content (AvgIpc) is 2.48. The number of halogens is 1. The zero-order chi connectivity index (χ0) is 15.3. The van der Waals surface area contributed by atoms with Crippen LogP contribution in [0.25, 0.3) is 0 Å². The highest BCUT2D eigenvalue weighted by molar-refractivity contribution is 9.10. The number of aryl methyl sites for hydroxylation is 1. The molecule has 0 N–H and O–H groups in total. The van der Waals surface area contributed by atoms with E-state index in [0.29, 0.717) is 15.9 Å². The van der Waals surface area contributed by atoms with Crippen LogP contribution >= 0.6 is 15.9 Å². The van der Waals surface area contributed by atoms with Crippen LogP contribution in [-0.4, -0.2) is 26.3 Å². The number of rotatable bonds is 6. The largest absolute Gasteiger partial charge is 0.243 e. The minimum absolute atomic E-state index is 0.312. The van der Waals surface area contributed by atoms with E-state index in [4.69, 9.17) is 0 Å². The maximum Gasteiger partial charge on any atom is 0.243 e. The molecule has 2 aromatic rings. The summed E-state index contributed by atoms with van der Waals surface area (Å²) in [4.78, 5) is 0.312. The molecule has 0 atom stereocenters. The summed E-state index contributed by atoms with van der Waals surface area (Å²) < 4.78 is 27.0. The summed E-state index contributed by atoms with van der Waals surface area (Å²) in [5.41, 5.74) is 1.23. The normalized spacial score (nSPS) is 11.8. The van der Waals surface area contributed by atoms with Gasteiger partial charge in [-0.1, -0.05) is 42.5 Å². The van der Waals surface area contributed by atoms with Crippen LogP contribution in [0, 0.1) is 0 Å². The van der Waals surface area contributed by atoms with Gasteiger partial charge in [-0.2, -0.15) is 0 Å². The molecule has 3 nitrogen and oxygen atoms in total. The van der Waals surface area contributed by atoms with Crippen molar-refractivity contribution in [3.63, 3.8) is 0 Å². The SMILES string of the molecule is CN(CCCc1ccccc1)S(=O)(=O)c1ccccc1Br. The minimum Gasteiger partial charge on any atom is -0.207 e. The molecule has 0 unspecified atom stereocenters. The molecular weight excluding hydrogens is 350 g/mol. The highest BCUT2D eigenvalue weighted by atomic mass is 79.9. The summed E-state index contributed by atoms with van der Waals surface area (Å²) >= 11 is 3.30. The first kappa shape index (κ1) is 16.2. The molecule has 0 saturated carbocycles. The Morgan fingerprint density at radius 3 is 2.29 bits per heavy atom. The van der Waals surface area contributed by atoms with Gasteiger partial charge in [0.2, 0.25) is 10.0 Å². The van der Waals surface area contributed by atoms with Gasteiger partial charge in [-0.05, 0) is 46.5 Å². The topological polar surface area (TPSA) is 37.4 Å². The van der Waals surface area contributed by atoms with Gasteiger partial charge in [0.1, 0.15) is 0 Å². The molecule has 0 aliphatic carbocycles. The van der Waals surface area contributed by atoms with Crippen LogP contribution in [0.1, 0.15) is 12.0 Å². The van der Waals surface area contributed by atoms with Crippen LogP contribution in [0.3, 0.4) is 0 Å².